The van der Waals surface area contributed by atoms with Gasteiger partial charge in [-0.2, -0.15) is 26.3 Å². The maximum atomic E-state index is 14.3. The second-order valence-electron chi connectivity index (χ2n) is 9.39. The van der Waals surface area contributed by atoms with Crippen molar-refractivity contribution in [3.63, 3.8) is 0 Å². The quantitative estimate of drug-likeness (QED) is 0.236. The molecule has 39 heavy (non-hydrogen) atoms. The number of ether oxygens (including phenoxy) is 1. The molecule has 1 saturated heterocycles. The van der Waals surface area contributed by atoms with E-state index >= 15 is 0 Å². The Balaban J connectivity index is 1.38. The largest absolute Gasteiger partial charge is 0.447 e. The Bertz CT molecular complexity index is 1400. The number of esters is 1. The van der Waals surface area contributed by atoms with Crippen molar-refractivity contribution < 1.29 is 49.9 Å². The van der Waals surface area contributed by atoms with Crippen LogP contribution in [0.4, 0.5) is 30.7 Å². The number of hydrogen-bond acceptors (Lipinski definition) is 5. The summed E-state index contributed by atoms with van der Waals surface area (Å²) in [5.74, 6) is -2.66. The molecule has 2 aromatic rings. The summed E-state index contributed by atoms with van der Waals surface area (Å²) in [5.41, 5.74) is -4.60. The van der Waals surface area contributed by atoms with Gasteiger partial charge in [0.2, 0.25) is 5.91 Å². The first kappa shape index (κ1) is 27.5. The lowest BCUT2D eigenvalue weighted by atomic mass is 9.83. The van der Waals surface area contributed by atoms with Crippen molar-refractivity contribution in [3.05, 3.63) is 68.4 Å². The molecule has 1 atom stereocenters. The highest BCUT2D eigenvalue weighted by Crippen LogP contribution is 2.51. The lowest BCUT2D eigenvalue weighted by molar-refractivity contribution is -0.275. The number of alkyl halides is 6. The molecule has 1 fully saturated rings. The van der Waals surface area contributed by atoms with Crippen LogP contribution < -0.4 is 0 Å². The summed E-state index contributed by atoms with van der Waals surface area (Å²) < 4.78 is 99.3. The number of rotatable bonds is 4. The second-order valence-corrected chi connectivity index (χ2v) is 10.2. The van der Waals surface area contributed by atoms with Gasteiger partial charge in [0.1, 0.15) is 0 Å². The predicted molar refractivity (Wildman–Crippen MR) is 122 cm³/mol. The van der Waals surface area contributed by atoms with Crippen molar-refractivity contribution in [3.8, 4) is 0 Å². The number of benzene rings is 2. The van der Waals surface area contributed by atoms with E-state index in [1.165, 1.54) is 18.2 Å². The summed E-state index contributed by atoms with van der Waals surface area (Å²) in [6.07, 6.45) is -12.4. The summed E-state index contributed by atoms with van der Waals surface area (Å²) in [6, 6.07) is 5.57. The highest BCUT2D eigenvalue weighted by molar-refractivity contribution is 6.35. The monoisotopic (exact) mass is 598 g/mol. The second kappa shape index (κ2) is 8.98. The first-order valence-corrected chi connectivity index (χ1v) is 12.0. The van der Waals surface area contributed by atoms with Crippen LogP contribution >= 0.6 is 23.2 Å². The number of oxime groups is 1. The molecule has 0 saturated carbocycles. The standard InChI is InChI=1S/C24H15Cl2F7N2O4/c25-15-6-12(7-16(26)19(15)27)22(24(31,32)33)8-17(34-39-22)11-1-2-14-13(5-11)20(37)38-21(14)9-35(10-21)18(36)3-4-23(28,29)30/h1-2,5-7H,3-4,8-10H2. The Labute approximate surface area is 225 Å². The SMILES string of the molecule is O=C1OC2(CN(C(=O)CCC(F)(F)F)C2)c2ccc(C3=NOC(c4cc(Cl)c(F)c(Cl)c4)(C(F)(F)F)C3)cc21. The van der Waals surface area contributed by atoms with Crippen LogP contribution in [-0.2, 0) is 25.6 Å². The van der Waals surface area contributed by atoms with Crippen molar-refractivity contribution in [1.82, 2.24) is 4.90 Å². The summed E-state index contributed by atoms with van der Waals surface area (Å²) in [5, 5.41) is 2.31. The Kier molecular flexibility index (Phi) is 6.33. The van der Waals surface area contributed by atoms with Gasteiger partial charge in [0.15, 0.2) is 11.4 Å². The molecule has 0 N–H and O–H groups in total. The summed E-state index contributed by atoms with van der Waals surface area (Å²) >= 11 is 11.4. The fraction of sp³-hybridized carbons (Fsp3) is 0.375. The van der Waals surface area contributed by atoms with Crippen LogP contribution in [0.1, 0.15) is 46.3 Å². The molecule has 208 valence electrons. The van der Waals surface area contributed by atoms with Crippen LogP contribution in [0, 0.1) is 5.82 Å². The summed E-state index contributed by atoms with van der Waals surface area (Å²) in [7, 11) is 0. The Morgan fingerprint density at radius 1 is 1.05 bits per heavy atom. The zero-order chi connectivity index (χ0) is 28.5. The first-order chi connectivity index (χ1) is 18.1. The van der Waals surface area contributed by atoms with Gasteiger partial charge in [-0.25, -0.2) is 9.18 Å². The van der Waals surface area contributed by atoms with Crippen LogP contribution in [-0.4, -0.2) is 47.9 Å². The highest BCUT2D eigenvalue weighted by Gasteiger charge is 2.63. The summed E-state index contributed by atoms with van der Waals surface area (Å²) in [4.78, 5) is 30.7. The van der Waals surface area contributed by atoms with Gasteiger partial charge in [-0.15, -0.1) is 0 Å². The van der Waals surface area contributed by atoms with Crippen LogP contribution in [0.2, 0.25) is 10.0 Å². The molecule has 2 aromatic carbocycles. The van der Waals surface area contributed by atoms with Crippen LogP contribution in [0.5, 0.6) is 0 Å². The van der Waals surface area contributed by atoms with Gasteiger partial charge in [0, 0.05) is 29.5 Å². The zero-order valence-electron chi connectivity index (χ0n) is 19.4. The number of nitrogens with zero attached hydrogens (tertiary/aromatic N) is 2. The van der Waals surface area contributed by atoms with E-state index in [1.54, 1.807) is 0 Å². The number of carbonyl (C=O) groups is 2. The number of amides is 1. The van der Waals surface area contributed by atoms with Gasteiger partial charge in [-0.3, -0.25) is 4.79 Å². The van der Waals surface area contributed by atoms with Crippen molar-refractivity contribution in [1.29, 1.82) is 0 Å². The topological polar surface area (TPSA) is 68.2 Å². The lowest BCUT2D eigenvalue weighted by Gasteiger charge is -2.46. The number of carbonyl (C=O) groups excluding carboxylic acids is 2. The maximum absolute atomic E-state index is 14.3. The molecular formula is C24H15Cl2F7N2O4. The fourth-order valence-electron chi connectivity index (χ4n) is 4.81. The Morgan fingerprint density at radius 3 is 2.28 bits per heavy atom. The lowest BCUT2D eigenvalue weighted by Crippen LogP contribution is -2.61. The molecule has 15 heteroatoms. The third kappa shape index (κ3) is 4.58. The zero-order valence-corrected chi connectivity index (χ0v) is 20.9. The predicted octanol–water partition coefficient (Wildman–Crippen LogP) is 6.27. The number of likely N-dealkylation sites (tertiary alicyclic amines) is 1. The highest BCUT2D eigenvalue weighted by atomic mass is 35.5. The third-order valence-corrected chi connectivity index (χ3v) is 7.41. The van der Waals surface area contributed by atoms with Gasteiger partial charge in [-0.1, -0.05) is 40.5 Å². The number of hydrogen-bond donors (Lipinski definition) is 0. The smallest absolute Gasteiger partial charge is 0.435 e. The minimum Gasteiger partial charge on any atom is -0.447 e. The molecule has 1 amide bonds. The van der Waals surface area contributed by atoms with Crippen molar-refractivity contribution in [2.45, 2.75) is 42.8 Å². The molecule has 1 spiro atoms. The summed E-state index contributed by atoms with van der Waals surface area (Å²) in [6.45, 7) is -0.315. The molecule has 3 aliphatic rings. The Morgan fingerprint density at radius 2 is 1.69 bits per heavy atom. The van der Waals surface area contributed by atoms with Gasteiger partial charge >= 0.3 is 18.3 Å². The number of fused-ring (bicyclic) bond motifs is 2. The van der Waals surface area contributed by atoms with E-state index in [4.69, 9.17) is 32.8 Å². The molecule has 0 bridgehead atoms. The third-order valence-electron chi connectivity index (χ3n) is 6.86. The Hall–Kier alpha value is -3.06. The molecule has 0 aliphatic carbocycles. The molecule has 0 radical (unpaired) electrons. The van der Waals surface area contributed by atoms with E-state index in [0.29, 0.717) is 5.56 Å². The molecule has 3 heterocycles. The van der Waals surface area contributed by atoms with E-state index < -0.39 is 76.1 Å². The van der Waals surface area contributed by atoms with Crippen molar-refractivity contribution in [2.75, 3.05) is 13.1 Å². The number of halogens is 9. The average Bonchev–Trinajstić information content (AvgIpc) is 3.40. The maximum Gasteiger partial charge on any atom is 0.435 e. The molecular weight excluding hydrogens is 584 g/mol. The molecule has 1 unspecified atom stereocenters. The van der Waals surface area contributed by atoms with Gasteiger partial charge < -0.3 is 14.5 Å². The average molecular weight is 599 g/mol. The van der Waals surface area contributed by atoms with Gasteiger partial charge in [0.05, 0.1) is 40.8 Å². The van der Waals surface area contributed by atoms with E-state index in [9.17, 15) is 40.3 Å². The van der Waals surface area contributed by atoms with Gasteiger partial charge in [0.25, 0.3) is 5.60 Å². The fourth-order valence-corrected chi connectivity index (χ4v) is 5.30. The van der Waals surface area contributed by atoms with Crippen LogP contribution in [0.25, 0.3) is 0 Å². The van der Waals surface area contributed by atoms with Gasteiger partial charge in [-0.05, 0) is 18.2 Å². The molecule has 6 nitrogen and oxygen atoms in total. The van der Waals surface area contributed by atoms with E-state index in [-0.39, 0.29) is 29.9 Å². The van der Waals surface area contributed by atoms with Crippen LogP contribution in [0.15, 0.2) is 35.5 Å². The van der Waals surface area contributed by atoms with E-state index in [2.05, 4.69) is 5.16 Å². The van der Waals surface area contributed by atoms with E-state index in [0.717, 1.165) is 17.0 Å². The van der Waals surface area contributed by atoms with Crippen molar-refractivity contribution >= 4 is 40.8 Å². The minimum absolute atomic E-state index is 0.00923. The molecule has 0 aromatic heterocycles. The molecule has 3 aliphatic heterocycles. The normalized spacial score (nSPS) is 21.8. The van der Waals surface area contributed by atoms with Crippen LogP contribution in [0.3, 0.4) is 0 Å². The molecule has 5 rings (SSSR count). The van der Waals surface area contributed by atoms with Crippen molar-refractivity contribution in [2.24, 2.45) is 5.16 Å². The van der Waals surface area contributed by atoms with E-state index in [1.807, 2.05) is 0 Å². The first-order valence-electron chi connectivity index (χ1n) is 11.2. The minimum atomic E-state index is -5.03.